The minimum Gasteiger partial charge on any atom is -0.357 e. The molecule has 0 aromatic carbocycles. The first kappa shape index (κ1) is 17.7. The molecule has 0 radical (unpaired) electrons. The van der Waals surface area contributed by atoms with Crippen LogP contribution in [0, 0.1) is 5.92 Å². The Morgan fingerprint density at radius 1 is 1.16 bits per heavy atom. The van der Waals surface area contributed by atoms with Gasteiger partial charge in [0.1, 0.15) is 5.82 Å². The van der Waals surface area contributed by atoms with Gasteiger partial charge < -0.3 is 15.5 Å². The second kappa shape index (κ2) is 8.83. The smallest absolute Gasteiger partial charge is 0.223 e. The summed E-state index contributed by atoms with van der Waals surface area (Å²) in [4.78, 5) is 30.2. The molecule has 25 heavy (non-hydrogen) atoms. The van der Waals surface area contributed by atoms with Crippen LogP contribution < -0.4 is 15.5 Å². The van der Waals surface area contributed by atoms with Crippen molar-refractivity contribution in [3.05, 3.63) is 23.9 Å². The molecule has 1 saturated heterocycles. The second-order valence-electron chi connectivity index (χ2n) is 7.02. The number of carbonyl (C=O) groups excluding carboxylic acids is 2. The molecule has 2 fully saturated rings. The Balaban J connectivity index is 1.35. The minimum absolute atomic E-state index is 0.0250. The Labute approximate surface area is 149 Å². The number of aromatic nitrogens is 1. The fraction of sp³-hybridized carbons (Fsp3) is 0.632. The van der Waals surface area contributed by atoms with Crippen LogP contribution in [0.5, 0.6) is 0 Å². The number of nitrogens with zero attached hydrogens (tertiary/aromatic N) is 2. The summed E-state index contributed by atoms with van der Waals surface area (Å²) in [6.45, 7) is 3.23. The summed E-state index contributed by atoms with van der Waals surface area (Å²) in [6, 6.07) is 4.02. The van der Waals surface area contributed by atoms with Crippen molar-refractivity contribution >= 4 is 17.6 Å². The summed E-state index contributed by atoms with van der Waals surface area (Å²) in [5.74, 6) is 1.41. The lowest BCUT2D eigenvalue weighted by molar-refractivity contribution is -0.123. The van der Waals surface area contributed by atoms with Crippen LogP contribution in [0.15, 0.2) is 18.3 Å². The number of hydrogen-bond donors (Lipinski definition) is 2. The molecule has 6 heteroatoms. The standard InChI is InChI=1S/C19H28N4O2/c24-18(5-4-9-21-19(25)16-6-7-16)22-14-15-8-10-20-17(13-15)23-11-2-1-3-12-23/h8,10,13,16H,1-7,9,11-12,14H2,(H,21,25)(H,22,24). The number of piperidine rings is 1. The van der Waals surface area contributed by atoms with E-state index in [0.29, 0.717) is 25.9 Å². The molecular formula is C19H28N4O2. The molecule has 1 aliphatic heterocycles. The van der Waals surface area contributed by atoms with Crippen LogP contribution in [-0.2, 0) is 16.1 Å². The van der Waals surface area contributed by atoms with Crippen molar-refractivity contribution in [2.45, 2.75) is 51.5 Å². The quantitative estimate of drug-likeness (QED) is 0.707. The minimum atomic E-state index is 0.0250. The van der Waals surface area contributed by atoms with Crippen LogP contribution >= 0.6 is 0 Å². The van der Waals surface area contributed by atoms with E-state index in [9.17, 15) is 9.59 Å². The molecule has 136 valence electrons. The predicted octanol–water partition coefficient (Wildman–Crippen LogP) is 1.99. The van der Waals surface area contributed by atoms with Crippen molar-refractivity contribution in [2.24, 2.45) is 5.92 Å². The molecule has 0 spiro atoms. The molecule has 1 saturated carbocycles. The molecule has 1 aromatic rings. The lowest BCUT2D eigenvalue weighted by Gasteiger charge is -2.27. The van der Waals surface area contributed by atoms with Crippen LogP contribution in [0.1, 0.15) is 50.5 Å². The Hall–Kier alpha value is -2.11. The predicted molar refractivity (Wildman–Crippen MR) is 97.1 cm³/mol. The van der Waals surface area contributed by atoms with Crippen LogP contribution in [0.3, 0.4) is 0 Å². The molecule has 0 unspecified atom stereocenters. The van der Waals surface area contributed by atoms with Gasteiger partial charge in [-0.3, -0.25) is 9.59 Å². The molecule has 2 aliphatic rings. The second-order valence-corrected chi connectivity index (χ2v) is 7.02. The van der Waals surface area contributed by atoms with Gasteiger partial charge in [0.05, 0.1) is 0 Å². The molecule has 3 rings (SSSR count). The van der Waals surface area contributed by atoms with Crippen molar-refractivity contribution in [3.63, 3.8) is 0 Å². The summed E-state index contributed by atoms with van der Waals surface area (Å²) < 4.78 is 0. The summed E-state index contributed by atoms with van der Waals surface area (Å²) in [7, 11) is 0. The van der Waals surface area contributed by atoms with Gasteiger partial charge in [-0.05, 0) is 56.2 Å². The number of amides is 2. The number of pyridine rings is 1. The van der Waals surface area contributed by atoms with E-state index in [0.717, 1.165) is 37.3 Å². The van der Waals surface area contributed by atoms with Gasteiger partial charge in [-0.15, -0.1) is 0 Å². The molecule has 1 aromatic heterocycles. The zero-order valence-corrected chi connectivity index (χ0v) is 14.8. The fourth-order valence-corrected chi connectivity index (χ4v) is 3.11. The Morgan fingerprint density at radius 3 is 2.72 bits per heavy atom. The SMILES string of the molecule is O=C(CCCNC(=O)C1CC1)NCc1ccnc(N2CCCCC2)c1. The van der Waals surface area contributed by atoms with E-state index in [2.05, 4.69) is 26.6 Å². The van der Waals surface area contributed by atoms with E-state index in [-0.39, 0.29) is 17.7 Å². The van der Waals surface area contributed by atoms with Gasteiger partial charge >= 0.3 is 0 Å². The highest BCUT2D eigenvalue weighted by Gasteiger charge is 2.28. The fourth-order valence-electron chi connectivity index (χ4n) is 3.11. The van der Waals surface area contributed by atoms with Gasteiger partial charge in [-0.25, -0.2) is 4.98 Å². The maximum atomic E-state index is 11.9. The first-order chi connectivity index (χ1) is 12.2. The van der Waals surface area contributed by atoms with Gasteiger partial charge in [-0.1, -0.05) is 0 Å². The highest BCUT2D eigenvalue weighted by Crippen LogP contribution is 2.28. The third-order valence-corrected chi connectivity index (χ3v) is 4.81. The third kappa shape index (κ3) is 5.73. The molecular weight excluding hydrogens is 316 g/mol. The van der Waals surface area contributed by atoms with Crippen LogP contribution in [0.4, 0.5) is 5.82 Å². The van der Waals surface area contributed by atoms with Crippen LogP contribution in [0.25, 0.3) is 0 Å². The Kier molecular flexibility index (Phi) is 6.25. The molecule has 2 N–H and O–H groups in total. The lowest BCUT2D eigenvalue weighted by atomic mass is 10.1. The molecule has 1 aliphatic carbocycles. The van der Waals surface area contributed by atoms with Gasteiger partial charge in [0.2, 0.25) is 11.8 Å². The van der Waals surface area contributed by atoms with E-state index in [1.165, 1.54) is 19.3 Å². The number of anilines is 1. The van der Waals surface area contributed by atoms with Crippen molar-refractivity contribution in [3.8, 4) is 0 Å². The Bertz CT molecular complexity index is 595. The average Bonchev–Trinajstić information content (AvgIpc) is 3.50. The number of hydrogen-bond acceptors (Lipinski definition) is 4. The lowest BCUT2D eigenvalue weighted by Crippen LogP contribution is -2.30. The zero-order valence-electron chi connectivity index (χ0n) is 14.8. The van der Waals surface area contributed by atoms with E-state index < -0.39 is 0 Å². The Morgan fingerprint density at radius 2 is 1.96 bits per heavy atom. The van der Waals surface area contributed by atoms with Crippen LogP contribution in [-0.4, -0.2) is 36.4 Å². The normalized spacial score (nSPS) is 17.2. The topological polar surface area (TPSA) is 74.3 Å². The number of nitrogens with one attached hydrogen (secondary N) is 2. The van der Waals surface area contributed by atoms with Crippen molar-refractivity contribution in [1.82, 2.24) is 15.6 Å². The van der Waals surface area contributed by atoms with E-state index >= 15 is 0 Å². The molecule has 2 heterocycles. The third-order valence-electron chi connectivity index (χ3n) is 4.81. The molecule has 0 bridgehead atoms. The van der Waals surface area contributed by atoms with Crippen LogP contribution in [0.2, 0.25) is 0 Å². The van der Waals surface area contributed by atoms with Gasteiger partial charge in [0.25, 0.3) is 0 Å². The van der Waals surface area contributed by atoms with Gasteiger partial charge in [0, 0.05) is 44.7 Å². The van der Waals surface area contributed by atoms with E-state index in [1.807, 2.05) is 12.3 Å². The first-order valence-corrected chi connectivity index (χ1v) is 9.46. The monoisotopic (exact) mass is 344 g/mol. The molecule has 0 atom stereocenters. The summed E-state index contributed by atoms with van der Waals surface area (Å²) in [5.41, 5.74) is 1.07. The highest BCUT2D eigenvalue weighted by molar-refractivity contribution is 5.81. The number of carbonyl (C=O) groups is 2. The summed E-state index contributed by atoms with van der Waals surface area (Å²) in [5, 5.41) is 5.84. The molecule has 2 amide bonds. The van der Waals surface area contributed by atoms with E-state index in [4.69, 9.17) is 0 Å². The number of rotatable bonds is 8. The van der Waals surface area contributed by atoms with Crippen molar-refractivity contribution < 1.29 is 9.59 Å². The van der Waals surface area contributed by atoms with Crippen molar-refractivity contribution in [1.29, 1.82) is 0 Å². The van der Waals surface area contributed by atoms with Gasteiger partial charge in [-0.2, -0.15) is 0 Å². The van der Waals surface area contributed by atoms with Crippen molar-refractivity contribution in [2.75, 3.05) is 24.5 Å². The first-order valence-electron chi connectivity index (χ1n) is 9.46. The average molecular weight is 344 g/mol. The summed E-state index contributed by atoms with van der Waals surface area (Å²) >= 11 is 0. The maximum absolute atomic E-state index is 11.9. The molecule has 6 nitrogen and oxygen atoms in total. The van der Waals surface area contributed by atoms with Gasteiger partial charge in [0.15, 0.2) is 0 Å². The van der Waals surface area contributed by atoms with E-state index in [1.54, 1.807) is 0 Å². The summed E-state index contributed by atoms with van der Waals surface area (Å²) in [6.07, 6.45) is 8.70. The highest BCUT2D eigenvalue weighted by atomic mass is 16.2. The zero-order chi connectivity index (χ0) is 17.5. The largest absolute Gasteiger partial charge is 0.357 e. The maximum Gasteiger partial charge on any atom is 0.223 e.